The molecule has 1 aliphatic heterocycles. The molecule has 17 heavy (non-hydrogen) atoms. The van der Waals surface area contributed by atoms with Gasteiger partial charge in [-0.3, -0.25) is 4.79 Å². The fraction of sp³-hybridized carbons (Fsp3) is 0.500. The van der Waals surface area contributed by atoms with E-state index < -0.39 is 0 Å². The number of unbranched alkanes of at least 4 members (excludes halogenated alkanes) is 1. The topological polar surface area (TPSA) is 40.5 Å². The molecule has 1 saturated heterocycles. The lowest BCUT2D eigenvalue weighted by molar-refractivity contribution is -0.141. The highest BCUT2D eigenvalue weighted by Crippen LogP contribution is 2.12. The third-order valence-electron chi connectivity index (χ3n) is 3.16. The van der Waals surface area contributed by atoms with Crippen LogP contribution < -0.4 is 0 Å². The van der Waals surface area contributed by atoms with Crippen molar-refractivity contribution < 1.29 is 9.90 Å². The van der Waals surface area contributed by atoms with Crippen molar-refractivity contribution in [3.05, 3.63) is 35.9 Å². The summed E-state index contributed by atoms with van der Waals surface area (Å²) in [5.74, 6) is 0.184. The van der Waals surface area contributed by atoms with Gasteiger partial charge in [0.05, 0.1) is 6.10 Å². The Hall–Kier alpha value is -1.35. The normalized spacial score (nSPS) is 15.7. The molecule has 1 fully saturated rings. The van der Waals surface area contributed by atoms with Crippen LogP contribution in [-0.4, -0.2) is 35.1 Å². The Morgan fingerprint density at radius 1 is 1.24 bits per heavy atom. The van der Waals surface area contributed by atoms with E-state index in [1.54, 1.807) is 4.90 Å². The van der Waals surface area contributed by atoms with Gasteiger partial charge in [-0.2, -0.15) is 0 Å². The number of aliphatic hydroxyl groups is 1. The van der Waals surface area contributed by atoms with E-state index in [4.69, 9.17) is 5.11 Å². The predicted molar refractivity (Wildman–Crippen MR) is 66.6 cm³/mol. The standard InChI is InChI=1S/C14H19NO2/c16-13-10-15(11-13)14(17)9-5-4-8-12-6-2-1-3-7-12/h1-3,6-7,13,16H,4-5,8-11H2. The molecule has 2 rings (SSSR count). The van der Waals surface area contributed by atoms with Crippen LogP contribution in [0.25, 0.3) is 0 Å². The molecule has 1 N–H and O–H groups in total. The Morgan fingerprint density at radius 2 is 1.94 bits per heavy atom. The monoisotopic (exact) mass is 233 g/mol. The van der Waals surface area contributed by atoms with E-state index in [1.807, 2.05) is 18.2 Å². The number of hydrogen-bond acceptors (Lipinski definition) is 2. The lowest BCUT2D eigenvalue weighted by atomic mass is 10.1. The summed E-state index contributed by atoms with van der Waals surface area (Å²) in [6.07, 6.45) is 3.34. The Bertz CT molecular complexity index is 358. The number of amides is 1. The van der Waals surface area contributed by atoms with Gasteiger partial charge in [-0.05, 0) is 24.8 Å². The van der Waals surface area contributed by atoms with Crippen molar-refractivity contribution in [1.82, 2.24) is 4.90 Å². The van der Waals surface area contributed by atoms with E-state index in [0.717, 1.165) is 19.3 Å². The molecular formula is C14H19NO2. The minimum Gasteiger partial charge on any atom is -0.389 e. The van der Waals surface area contributed by atoms with Crippen molar-refractivity contribution in [3.63, 3.8) is 0 Å². The van der Waals surface area contributed by atoms with Crippen LogP contribution in [0, 0.1) is 0 Å². The van der Waals surface area contributed by atoms with Gasteiger partial charge in [0, 0.05) is 19.5 Å². The molecule has 1 amide bonds. The van der Waals surface area contributed by atoms with E-state index in [1.165, 1.54) is 5.56 Å². The first-order chi connectivity index (χ1) is 8.25. The molecule has 1 aromatic rings. The summed E-state index contributed by atoms with van der Waals surface area (Å²) in [6, 6.07) is 10.3. The second-order valence-corrected chi connectivity index (χ2v) is 4.65. The first-order valence-corrected chi connectivity index (χ1v) is 6.25. The largest absolute Gasteiger partial charge is 0.389 e. The molecule has 0 aromatic heterocycles. The van der Waals surface area contributed by atoms with E-state index in [9.17, 15) is 4.79 Å². The summed E-state index contributed by atoms with van der Waals surface area (Å²) >= 11 is 0. The minimum absolute atomic E-state index is 0.184. The lowest BCUT2D eigenvalue weighted by Gasteiger charge is -2.35. The highest BCUT2D eigenvalue weighted by atomic mass is 16.3. The number of carbonyl (C=O) groups is 1. The Morgan fingerprint density at radius 3 is 2.59 bits per heavy atom. The maximum atomic E-state index is 11.6. The molecule has 0 spiro atoms. The SMILES string of the molecule is O=C(CCCCc1ccccc1)N1CC(O)C1. The molecule has 0 aliphatic carbocycles. The number of rotatable bonds is 5. The summed E-state index contributed by atoms with van der Waals surface area (Å²) in [7, 11) is 0. The lowest BCUT2D eigenvalue weighted by Crippen LogP contribution is -2.53. The van der Waals surface area contributed by atoms with Crippen molar-refractivity contribution in [1.29, 1.82) is 0 Å². The number of hydrogen-bond donors (Lipinski definition) is 1. The summed E-state index contributed by atoms with van der Waals surface area (Å²) in [4.78, 5) is 13.3. The molecule has 1 aliphatic rings. The smallest absolute Gasteiger partial charge is 0.222 e. The first kappa shape index (κ1) is 12.1. The van der Waals surface area contributed by atoms with Crippen LogP contribution in [0.15, 0.2) is 30.3 Å². The second kappa shape index (κ2) is 5.82. The van der Waals surface area contributed by atoms with Crippen LogP contribution in [0.3, 0.4) is 0 Å². The van der Waals surface area contributed by atoms with Gasteiger partial charge in [0.2, 0.25) is 5.91 Å². The quantitative estimate of drug-likeness (QED) is 0.785. The fourth-order valence-electron chi connectivity index (χ4n) is 2.07. The van der Waals surface area contributed by atoms with Gasteiger partial charge >= 0.3 is 0 Å². The molecule has 1 aromatic carbocycles. The molecule has 0 atom stereocenters. The van der Waals surface area contributed by atoms with Crippen LogP contribution >= 0.6 is 0 Å². The number of likely N-dealkylation sites (tertiary alicyclic amines) is 1. The third kappa shape index (κ3) is 3.56. The van der Waals surface area contributed by atoms with Crippen LogP contribution in [0.5, 0.6) is 0 Å². The number of nitrogens with zero attached hydrogens (tertiary/aromatic N) is 1. The zero-order valence-corrected chi connectivity index (χ0v) is 10.0. The van der Waals surface area contributed by atoms with Gasteiger partial charge in [-0.25, -0.2) is 0 Å². The predicted octanol–water partition coefficient (Wildman–Crippen LogP) is 1.60. The van der Waals surface area contributed by atoms with Crippen molar-refractivity contribution in [2.75, 3.05) is 13.1 Å². The summed E-state index contributed by atoms with van der Waals surface area (Å²) in [5, 5.41) is 9.09. The van der Waals surface area contributed by atoms with Crippen LogP contribution in [0.4, 0.5) is 0 Å². The summed E-state index contributed by atoms with van der Waals surface area (Å²) in [5.41, 5.74) is 1.33. The van der Waals surface area contributed by atoms with Crippen LogP contribution in [-0.2, 0) is 11.2 Å². The number of aliphatic hydroxyl groups excluding tert-OH is 1. The van der Waals surface area contributed by atoms with Gasteiger partial charge in [-0.15, -0.1) is 0 Å². The maximum absolute atomic E-state index is 11.6. The van der Waals surface area contributed by atoms with Gasteiger partial charge in [0.15, 0.2) is 0 Å². The van der Waals surface area contributed by atoms with Crippen molar-refractivity contribution in [2.45, 2.75) is 31.8 Å². The molecule has 3 heteroatoms. The van der Waals surface area contributed by atoms with E-state index in [2.05, 4.69) is 12.1 Å². The average molecular weight is 233 g/mol. The molecular weight excluding hydrogens is 214 g/mol. The number of β-amino-alcohol motifs (C(OH)–C–C–N with tert-alkyl or cyclic N) is 1. The van der Waals surface area contributed by atoms with Crippen LogP contribution in [0.1, 0.15) is 24.8 Å². The molecule has 0 unspecified atom stereocenters. The Balaban J connectivity index is 1.59. The molecule has 0 saturated carbocycles. The van der Waals surface area contributed by atoms with Crippen LogP contribution in [0.2, 0.25) is 0 Å². The molecule has 1 heterocycles. The molecule has 3 nitrogen and oxygen atoms in total. The Kier molecular flexibility index (Phi) is 4.15. The van der Waals surface area contributed by atoms with Gasteiger partial charge in [-0.1, -0.05) is 30.3 Å². The first-order valence-electron chi connectivity index (χ1n) is 6.25. The fourth-order valence-corrected chi connectivity index (χ4v) is 2.07. The average Bonchev–Trinajstić information content (AvgIpc) is 2.32. The highest BCUT2D eigenvalue weighted by Gasteiger charge is 2.27. The molecule has 0 radical (unpaired) electrons. The molecule has 0 bridgehead atoms. The maximum Gasteiger partial charge on any atom is 0.222 e. The van der Waals surface area contributed by atoms with E-state index in [0.29, 0.717) is 19.5 Å². The van der Waals surface area contributed by atoms with E-state index in [-0.39, 0.29) is 12.0 Å². The highest BCUT2D eigenvalue weighted by molar-refractivity contribution is 5.77. The Labute approximate surface area is 102 Å². The van der Waals surface area contributed by atoms with Gasteiger partial charge < -0.3 is 10.0 Å². The minimum atomic E-state index is -0.289. The van der Waals surface area contributed by atoms with E-state index >= 15 is 0 Å². The van der Waals surface area contributed by atoms with Crippen molar-refractivity contribution in [3.8, 4) is 0 Å². The second-order valence-electron chi connectivity index (χ2n) is 4.65. The number of aryl methyl sites for hydroxylation is 1. The molecule has 92 valence electrons. The third-order valence-corrected chi connectivity index (χ3v) is 3.16. The van der Waals surface area contributed by atoms with Crippen molar-refractivity contribution in [2.24, 2.45) is 0 Å². The zero-order chi connectivity index (χ0) is 12.1. The van der Waals surface area contributed by atoms with Gasteiger partial charge in [0.25, 0.3) is 0 Å². The van der Waals surface area contributed by atoms with Gasteiger partial charge in [0.1, 0.15) is 0 Å². The summed E-state index contributed by atoms with van der Waals surface area (Å²) < 4.78 is 0. The number of benzene rings is 1. The zero-order valence-electron chi connectivity index (χ0n) is 10.0. The number of carbonyl (C=O) groups excluding carboxylic acids is 1. The summed E-state index contributed by atoms with van der Waals surface area (Å²) in [6.45, 7) is 1.05. The van der Waals surface area contributed by atoms with Crippen molar-refractivity contribution >= 4 is 5.91 Å².